The van der Waals surface area contributed by atoms with E-state index in [4.69, 9.17) is 4.74 Å². The Hall–Kier alpha value is -1.55. The third-order valence-corrected chi connectivity index (χ3v) is 2.49. The summed E-state index contributed by atoms with van der Waals surface area (Å²) >= 11 is 0. The van der Waals surface area contributed by atoms with Crippen molar-refractivity contribution >= 4 is 11.7 Å². The molecule has 0 spiro atoms. The Kier molecular flexibility index (Phi) is 4.79. The summed E-state index contributed by atoms with van der Waals surface area (Å²) in [4.78, 5) is 13.4. The first-order chi connectivity index (χ1) is 7.69. The Bertz CT molecular complexity index is 327. The lowest BCUT2D eigenvalue weighted by atomic mass is 10.2. The third-order valence-electron chi connectivity index (χ3n) is 2.49. The van der Waals surface area contributed by atoms with Crippen molar-refractivity contribution < 1.29 is 9.53 Å². The van der Waals surface area contributed by atoms with Crippen LogP contribution in [0.2, 0.25) is 0 Å². The molecule has 0 aliphatic heterocycles. The standard InChI is InChI=1S/C12H18N2O2/c1-13-11(12(15)16-3)9-14(2)10-7-5-4-6-8-10/h4-8,11,13H,9H2,1-3H3. The minimum absolute atomic E-state index is 0.245. The van der Waals surface area contributed by atoms with Crippen molar-refractivity contribution in [1.82, 2.24) is 5.32 Å². The van der Waals surface area contributed by atoms with Gasteiger partial charge in [-0.1, -0.05) is 18.2 Å². The lowest BCUT2D eigenvalue weighted by Gasteiger charge is -2.23. The van der Waals surface area contributed by atoms with Crippen molar-refractivity contribution in [2.45, 2.75) is 6.04 Å². The molecule has 1 aromatic carbocycles. The number of esters is 1. The molecule has 88 valence electrons. The van der Waals surface area contributed by atoms with E-state index in [9.17, 15) is 4.79 Å². The molecule has 0 aromatic heterocycles. The highest BCUT2D eigenvalue weighted by molar-refractivity contribution is 5.76. The summed E-state index contributed by atoms with van der Waals surface area (Å²) in [6.07, 6.45) is 0. The zero-order valence-corrected chi connectivity index (χ0v) is 9.93. The van der Waals surface area contributed by atoms with Crippen LogP contribution in [-0.4, -0.2) is 39.8 Å². The number of methoxy groups -OCH3 is 1. The second-order valence-corrected chi connectivity index (χ2v) is 3.58. The van der Waals surface area contributed by atoms with Gasteiger partial charge in [-0.05, 0) is 19.2 Å². The number of rotatable bonds is 5. The highest BCUT2D eigenvalue weighted by Gasteiger charge is 2.18. The first-order valence-electron chi connectivity index (χ1n) is 5.20. The molecule has 16 heavy (non-hydrogen) atoms. The summed E-state index contributed by atoms with van der Waals surface area (Å²) in [5.41, 5.74) is 1.08. The van der Waals surface area contributed by atoms with Crippen molar-refractivity contribution in [3.63, 3.8) is 0 Å². The molecule has 0 heterocycles. The fourth-order valence-electron chi connectivity index (χ4n) is 1.49. The fourth-order valence-corrected chi connectivity index (χ4v) is 1.49. The van der Waals surface area contributed by atoms with Gasteiger partial charge in [0, 0.05) is 19.3 Å². The van der Waals surface area contributed by atoms with E-state index >= 15 is 0 Å². The summed E-state index contributed by atoms with van der Waals surface area (Å²) in [5, 5.41) is 2.94. The molecular formula is C12H18N2O2. The Morgan fingerprint density at radius 1 is 1.44 bits per heavy atom. The highest BCUT2D eigenvalue weighted by atomic mass is 16.5. The number of carbonyl (C=O) groups is 1. The van der Waals surface area contributed by atoms with E-state index in [2.05, 4.69) is 5.32 Å². The second-order valence-electron chi connectivity index (χ2n) is 3.58. The number of nitrogens with one attached hydrogen (secondary N) is 1. The average molecular weight is 222 g/mol. The first kappa shape index (κ1) is 12.5. The van der Waals surface area contributed by atoms with E-state index < -0.39 is 0 Å². The SMILES string of the molecule is CNC(CN(C)c1ccccc1)C(=O)OC. The second kappa shape index (κ2) is 6.12. The van der Waals surface area contributed by atoms with Gasteiger partial charge in [-0.2, -0.15) is 0 Å². The molecule has 1 rings (SSSR count). The van der Waals surface area contributed by atoms with Crippen LogP contribution < -0.4 is 10.2 Å². The molecule has 1 atom stereocenters. The van der Waals surface area contributed by atoms with Crippen LogP contribution >= 0.6 is 0 Å². The zero-order valence-electron chi connectivity index (χ0n) is 9.93. The fraction of sp³-hybridized carbons (Fsp3) is 0.417. The first-order valence-corrected chi connectivity index (χ1v) is 5.20. The van der Waals surface area contributed by atoms with Gasteiger partial charge in [-0.25, -0.2) is 0 Å². The van der Waals surface area contributed by atoms with Gasteiger partial charge >= 0.3 is 5.97 Å². The zero-order chi connectivity index (χ0) is 12.0. The summed E-state index contributed by atoms with van der Waals surface area (Å²) in [6, 6.07) is 9.60. The van der Waals surface area contributed by atoms with Crippen LogP contribution in [0.5, 0.6) is 0 Å². The van der Waals surface area contributed by atoms with Crippen LogP contribution in [0, 0.1) is 0 Å². The Labute approximate surface area is 96.2 Å². The number of anilines is 1. The largest absolute Gasteiger partial charge is 0.468 e. The summed E-state index contributed by atoms with van der Waals surface area (Å²) in [5.74, 6) is -0.245. The number of carbonyl (C=O) groups excluding carboxylic acids is 1. The van der Waals surface area contributed by atoms with Crippen LogP contribution in [0.3, 0.4) is 0 Å². The molecule has 1 aromatic rings. The monoisotopic (exact) mass is 222 g/mol. The van der Waals surface area contributed by atoms with Crippen molar-refractivity contribution in [2.24, 2.45) is 0 Å². The molecule has 1 N–H and O–H groups in total. The maximum atomic E-state index is 11.4. The molecule has 4 nitrogen and oxygen atoms in total. The molecule has 0 saturated carbocycles. The van der Waals surface area contributed by atoms with Gasteiger partial charge in [-0.3, -0.25) is 4.79 Å². The number of hydrogen-bond donors (Lipinski definition) is 1. The molecule has 0 aliphatic rings. The lowest BCUT2D eigenvalue weighted by Crippen LogP contribution is -2.44. The number of para-hydroxylation sites is 1. The maximum absolute atomic E-state index is 11.4. The van der Waals surface area contributed by atoms with Crippen molar-refractivity contribution in [3.05, 3.63) is 30.3 Å². The average Bonchev–Trinajstić information content (AvgIpc) is 2.35. The molecule has 0 bridgehead atoms. The summed E-state index contributed by atoms with van der Waals surface area (Å²) in [7, 11) is 5.10. The summed E-state index contributed by atoms with van der Waals surface area (Å²) < 4.78 is 4.71. The van der Waals surface area contributed by atoms with Gasteiger partial charge in [0.25, 0.3) is 0 Å². The van der Waals surface area contributed by atoms with E-state index in [1.165, 1.54) is 7.11 Å². The molecule has 0 radical (unpaired) electrons. The van der Waals surface area contributed by atoms with Crippen LogP contribution in [0.4, 0.5) is 5.69 Å². The smallest absolute Gasteiger partial charge is 0.324 e. The Morgan fingerprint density at radius 3 is 2.56 bits per heavy atom. The van der Waals surface area contributed by atoms with Crippen LogP contribution in [0.25, 0.3) is 0 Å². The number of benzene rings is 1. The van der Waals surface area contributed by atoms with Crippen molar-refractivity contribution in [3.8, 4) is 0 Å². The molecule has 0 amide bonds. The molecule has 1 unspecified atom stereocenters. The minimum Gasteiger partial charge on any atom is -0.468 e. The van der Waals surface area contributed by atoms with Crippen LogP contribution in [-0.2, 0) is 9.53 Å². The van der Waals surface area contributed by atoms with Gasteiger partial charge in [0.2, 0.25) is 0 Å². The Morgan fingerprint density at radius 2 is 2.06 bits per heavy atom. The van der Waals surface area contributed by atoms with Crippen LogP contribution in [0.1, 0.15) is 0 Å². The van der Waals surface area contributed by atoms with Gasteiger partial charge in [0.05, 0.1) is 7.11 Å². The molecule has 0 aliphatic carbocycles. The predicted octanol–water partition coefficient (Wildman–Crippen LogP) is 0.884. The van der Waals surface area contributed by atoms with E-state index in [1.807, 2.05) is 42.3 Å². The van der Waals surface area contributed by atoms with Gasteiger partial charge < -0.3 is 15.0 Å². The summed E-state index contributed by atoms with van der Waals surface area (Å²) in [6.45, 7) is 0.577. The van der Waals surface area contributed by atoms with E-state index in [0.717, 1.165) is 5.69 Å². The van der Waals surface area contributed by atoms with Gasteiger partial charge in [0.15, 0.2) is 0 Å². The predicted molar refractivity (Wildman–Crippen MR) is 64.6 cm³/mol. The topological polar surface area (TPSA) is 41.6 Å². The Balaban J connectivity index is 2.62. The van der Waals surface area contributed by atoms with Crippen LogP contribution in [0.15, 0.2) is 30.3 Å². The molecule has 0 saturated heterocycles. The third kappa shape index (κ3) is 3.24. The lowest BCUT2D eigenvalue weighted by molar-refractivity contribution is -0.142. The maximum Gasteiger partial charge on any atom is 0.324 e. The molecular weight excluding hydrogens is 204 g/mol. The quantitative estimate of drug-likeness (QED) is 0.751. The number of nitrogens with zero attached hydrogens (tertiary/aromatic N) is 1. The van der Waals surface area contributed by atoms with Gasteiger partial charge in [0.1, 0.15) is 6.04 Å². The van der Waals surface area contributed by atoms with E-state index in [1.54, 1.807) is 7.05 Å². The number of hydrogen-bond acceptors (Lipinski definition) is 4. The van der Waals surface area contributed by atoms with Crippen molar-refractivity contribution in [1.29, 1.82) is 0 Å². The van der Waals surface area contributed by atoms with Crippen molar-refractivity contribution in [2.75, 3.05) is 32.6 Å². The van der Waals surface area contributed by atoms with E-state index in [0.29, 0.717) is 6.54 Å². The normalized spacial score (nSPS) is 11.9. The van der Waals surface area contributed by atoms with Gasteiger partial charge in [-0.15, -0.1) is 0 Å². The minimum atomic E-state index is -0.310. The highest BCUT2D eigenvalue weighted by Crippen LogP contribution is 2.11. The molecule has 4 heteroatoms. The van der Waals surface area contributed by atoms with E-state index in [-0.39, 0.29) is 12.0 Å². The molecule has 0 fully saturated rings. The number of ether oxygens (including phenoxy) is 1. The number of likely N-dealkylation sites (N-methyl/N-ethyl adjacent to an activating group) is 2.